The average Bonchev–Trinajstić information content (AvgIpc) is 2.77. The summed E-state index contributed by atoms with van der Waals surface area (Å²) in [7, 11) is 0. The zero-order valence-electron chi connectivity index (χ0n) is 12.5. The van der Waals surface area contributed by atoms with E-state index in [2.05, 4.69) is 18.8 Å². The molecule has 21 heavy (non-hydrogen) atoms. The summed E-state index contributed by atoms with van der Waals surface area (Å²) in [6.07, 6.45) is 0.824. The zero-order valence-corrected chi connectivity index (χ0v) is 13.3. The Morgan fingerprint density at radius 2 is 2.24 bits per heavy atom. The van der Waals surface area contributed by atoms with Crippen LogP contribution in [0.3, 0.4) is 0 Å². The molecule has 0 aliphatic carbocycles. The van der Waals surface area contributed by atoms with Crippen LogP contribution in [-0.2, 0) is 16.0 Å². The van der Waals surface area contributed by atoms with E-state index < -0.39 is 12.0 Å². The summed E-state index contributed by atoms with van der Waals surface area (Å²) in [5.74, 6) is -0.822. The quantitative estimate of drug-likeness (QED) is 0.913. The Kier molecular flexibility index (Phi) is 4.95. The van der Waals surface area contributed by atoms with Gasteiger partial charge in [-0.2, -0.15) is 0 Å². The summed E-state index contributed by atoms with van der Waals surface area (Å²) >= 11 is 1.37. The molecule has 1 aromatic rings. The van der Waals surface area contributed by atoms with Crippen molar-refractivity contribution in [2.45, 2.75) is 33.2 Å². The molecule has 0 unspecified atom stereocenters. The average molecular weight is 312 g/mol. The number of aryl methyl sites for hydroxylation is 1. The van der Waals surface area contributed by atoms with E-state index in [1.807, 2.05) is 0 Å². The lowest BCUT2D eigenvalue weighted by molar-refractivity contribution is -0.147. The second kappa shape index (κ2) is 6.53. The van der Waals surface area contributed by atoms with Gasteiger partial charge in [-0.25, -0.2) is 9.78 Å². The van der Waals surface area contributed by atoms with E-state index >= 15 is 0 Å². The van der Waals surface area contributed by atoms with Gasteiger partial charge in [-0.05, 0) is 12.8 Å². The van der Waals surface area contributed by atoms with E-state index in [0.29, 0.717) is 29.6 Å². The Hall–Kier alpha value is -1.47. The molecule has 1 aromatic heterocycles. The molecule has 0 saturated carbocycles. The Labute approximate surface area is 127 Å². The molecule has 7 heteroatoms. The third kappa shape index (κ3) is 3.59. The second-order valence-electron chi connectivity index (χ2n) is 5.55. The maximum Gasteiger partial charge on any atom is 0.328 e. The van der Waals surface area contributed by atoms with Crippen molar-refractivity contribution in [1.82, 2.24) is 9.88 Å². The summed E-state index contributed by atoms with van der Waals surface area (Å²) in [5.41, 5.74) is 0.677. The maximum absolute atomic E-state index is 12.6. The number of hydrogen-bond donors (Lipinski definition) is 1. The fraction of sp³-hybridized carbons (Fsp3) is 0.643. The third-order valence-corrected chi connectivity index (χ3v) is 4.46. The molecule has 2 rings (SSSR count). The van der Waals surface area contributed by atoms with Gasteiger partial charge in [0.2, 0.25) is 0 Å². The van der Waals surface area contributed by atoms with Gasteiger partial charge in [0, 0.05) is 13.0 Å². The van der Waals surface area contributed by atoms with Crippen LogP contribution in [0.2, 0.25) is 0 Å². The van der Waals surface area contributed by atoms with Crippen LogP contribution in [0.1, 0.15) is 34.2 Å². The molecular weight excluding hydrogens is 292 g/mol. The molecule has 116 valence electrons. The van der Waals surface area contributed by atoms with Gasteiger partial charge < -0.3 is 14.7 Å². The Balaban J connectivity index is 2.22. The number of hydrogen-bond acceptors (Lipinski definition) is 5. The minimum atomic E-state index is -1.03. The Bertz CT molecular complexity index is 541. The normalized spacial score (nSPS) is 19.0. The number of carboxylic acid groups (broad SMARTS) is 1. The molecule has 1 N–H and O–H groups in total. The van der Waals surface area contributed by atoms with Gasteiger partial charge >= 0.3 is 5.97 Å². The van der Waals surface area contributed by atoms with Gasteiger partial charge in [0.25, 0.3) is 5.91 Å². The van der Waals surface area contributed by atoms with Crippen molar-refractivity contribution in [3.63, 3.8) is 0 Å². The number of nitrogens with zero attached hydrogens (tertiary/aromatic N) is 2. The Morgan fingerprint density at radius 3 is 2.86 bits per heavy atom. The number of morpholine rings is 1. The highest BCUT2D eigenvalue weighted by molar-refractivity contribution is 7.13. The van der Waals surface area contributed by atoms with Crippen LogP contribution in [0.15, 0.2) is 0 Å². The number of rotatable bonds is 4. The van der Waals surface area contributed by atoms with E-state index in [-0.39, 0.29) is 12.5 Å². The zero-order chi connectivity index (χ0) is 15.6. The molecule has 1 amide bonds. The summed E-state index contributed by atoms with van der Waals surface area (Å²) in [6, 6.07) is -0.915. The highest BCUT2D eigenvalue weighted by Gasteiger charge is 2.34. The van der Waals surface area contributed by atoms with Crippen molar-refractivity contribution >= 4 is 23.2 Å². The monoisotopic (exact) mass is 312 g/mol. The van der Waals surface area contributed by atoms with Gasteiger partial charge in [0.05, 0.1) is 23.9 Å². The fourth-order valence-electron chi connectivity index (χ4n) is 2.27. The summed E-state index contributed by atoms with van der Waals surface area (Å²) in [5, 5.41) is 10.1. The van der Waals surface area contributed by atoms with E-state index in [4.69, 9.17) is 4.74 Å². The van der Waals surface area contributed by atoms with E-state index in [0.717, 1.165) is 11.4 Å². The molecule has 0 radical (unpaired) electrons. The molecule has 1 aliphatic heterocycles. The maximum atomic E-state index is 12.6. The molecule has 0 aromatic carbocycles. The molecule has 2 heterocycles. The van der Waals surface area contributed by atoms with Crippen molar-refractivity contribution in [1.29, 1.82) is 0 Å². The number of thiazole rings is 1. The predicted molar refractivity (Wildman–Crippen MR) is 78.7 cm³/mol. The summed E-state index contributed by atoms with van der Waals surface area (Å²) in [6.45, 7) is 6.70. The van der Waals surface area contributed by atoms with Crippen LogP contribution in [0, 0.1) is 12.8 Å². The molecule has 1 aliphatic rings. The number of amides is 1. The lowest BCUT2D eigenvalue weighted by atomic mass is 10.1. The standard InChI is InChI=1S/C14H20N2O4S/c1-8(2)6-11-15-9(3)12(21-11)13(17)16-4-5-20-7-10(16)14(18)19/h8,10H,4-7H2,1-3H3,(H,18,19)/t10-/m0/s1. The van der Waals surface area contributed by atoms with Crippen molar-refractivity contribution in [2.75, 3.05) is 19.8 Å². The van der Waals surface area contributed by atoms with E-state index in [1.54, 1.807) is 6.92 Å². The number of carbonyl (C=O) groups excluding carboxylic acids is 1. The number of carboxylic acids is 1. The van der Waals surface area contributed by atoms with Crippen molar-refractivity contribution in [3.05, 3.63) is 15.6 Å². The van der Waals surface area contributed by atoms with Gasteiger partial charge in [0.1, 0.15) is 4.88 Å². The van der Waals surface area contributed by atoms with Crippen LogP contribution >= 0.6 is 11.3 Å². The first kappa shape index (κ1) is 15.9. The second-order valence-corrected chi connectivity index (χ2v) is 6.63. The highest BCUT2D eigenvalue weighted by Crippen LogP contribution is 2.24. The molecule has 0 spiro atoms. The summed E-state index contributed by atoms with van der Waals surface area (Å²) < 4.78 is 5.16. The van der Waals surface area contributed by atoms with Crippen molar-refractivity contribution in [2.24, 2.45) is 5.92 Å². The van der Waals surface area contributed by atoms with Crippen LogP contribution in [0.5, 0.6) is 0 Å². The first-order chi connectivity index (χ1) is 9.90. The van der Waals surface area contributed by atoms with Gasteiger partial charge in [-0.3, -0.25) is 4.79 Å². The third-order valence-electron chi connectivity index (χ3n) is 3.29. The molecule has 6 nitrogen and oxygen atoms in total. The van der Waals surface area contributed by atoms with Gasteiger partial charge in [-0.1, -0.05) is 13.8 Å². The molecular formula is C14H20N2O4S. The lowest BCUT2D eigenvalue weighted by Crippen LogP contribution is -2.52. The minimum Gasteiger partial charge on any atom is -0.480 e. The smallest absolute Gasteiger partial charge is 0.328 e. The predicted octanol–water partition coefficient (Wildman–Crippen LogP) is 1.58. The van der Waals surface area contributed by atoms with Crippen LogP contribution in [0.25, 0.3) is 0 Å². The molecule has 1 atom stereocenters. The molecule has 1 saturated heterocycles. The van der Waals surface area contributed by atoms with E-state index in [9.17, 15) is 14.7 Å². The largest absolute Gasteiger partial charge is 0.480 e. The van der Waals surface area contributed by atoms with Crippen molar-refractivity contribution < 1.29 is 19.4 Å². The highest BCUT2D eigenvalue weighted by atomic mass is 32.1. The Morgan fingerprint density at radius 1 is 1.52 bits per heavy atom. The molecule has 1 fully saturated rings. The van der Waals surface area contributed by atoms with Crippen LogP contribution < -0.4 is 0 Å². The van der Waals surface area contributed by atoms with Crippen LogP contribution in [-0.4, -0.2) is 52.7 Å². The summed E-state index contributed by atoms with van der Waals surface area (Å²) in [4.78, 5) is 30.2. The number of aromatic nitrogens is 1. The lowest BCUT2D eigenvalue weighted by Gasteiger charge is -2.32. The van der Waals surface area contributed by atoms with Crippen molar-refractivity contribution in [3.8, 4) is 0 Å². The van der Waals surface area contributed by atoms with Crippen LogP contribution in [0.4, 0.5) is 0 Å². The SMILES string of the molecule is Cc1nc(CC(C)C)sc1C(=O)N1CCOC[C@H]1C(=O)O. The van der Waals surface area contributed by atoms with Gasteiger partial charge in [0.15, 0.2) is 6.04 Å². The first-order valence-corrected chi connectivity index (χ1v) is 7.79. The first-order valence-electron chi connectivity index (χ1n) is 6.98. The number of carbonyl (C=O) groups is 2. The topological polar surface area (TPSA) is 79.7 Å². The van der Waals surface area contributed by atoms with E-state index in [1.165, 1.54) is 16.2 Å². The molecule has 0 bridgehead atoms. The fourth-order valence-corrected chi connectivity index (χ4v) is 3.50. The number of aliphatic carboxylic acids is 1. The van der Waals surface area contributed by atoms with Gasteiger partial charge in [-0.15, -0.1) is 11.3 Å². The minimum absolute atomic E-state index is 0.0395. The number of ether oxygens (including phenoxy) is 1.